The molecule has 1 saturated heterocycles. The second-order valence-electron chi connectivity index (χ2n) is 12.8. The van der Waals surface area contributed by atoms with Crippen molar-refractivity contribution in [3.8, 4) is 5.75 Å². The van der Waals surface area contributed by atoms with Gasteiger partial charge in [0.1, 0.15) is 23.3 Å². The van der Waals surface area contributed by atoms with Crippen LogP contribution >= 0.6 is 7.82 Å². The van der Waals surface area contributed by atoms with Crippen LogP contribution in [0.4, 0.5) is 13.6 Å². The van der Waals surface area contributed by atoms with E-state index in [1.54, 1.807) is 11.8 Å². The predicted octanol–water partition coefficient (Wildman–Crippen LogP) is 3.29. The van der Waals surface area contributed by atoms with Crippen LogP contribution in [0.5, 0.6) is 5.75 Å². The normalized spacial score (nSPS) is 25.8. The molecule has 2 fully saturated rings. The molecule has 1 aromatic carbocycles. The molecule has 1 aliphatic carbocycles. The molecule has 1 saturated carbocycles. The van der Waals surface area contributed by atoms with Crippen molar-refractivity contribution in [3.63, 3.8) is 0 Å². The molecule has 19 heteroatoms. The fourth-order valence-corrected chi connectivity index (χ4v) is 7.53. The van der Waals surface area contributed by atoms with Gasteiger partial charge in [0.2, 0.25) is 18.0 Å². The zero-order chi connectivity index (χ0) is 36.0. The summed E-state index contributed by atoms with van der Waals surface area (Å²) in [4.78, 5) is 79.5. The van der Waals surface area contributed by atoms with E-state index >= 15 is 0 Å². The maximum Gasteiger partial charge on any atom is 0.511 e. The van der Waals surface area contributed by atoms with E-state index in [0.717, 1.165) is 17.8 Å². The third kappa shape index (κ3) is 7.24. The summed E-state index contributed by atoms with van der Waals surface area (Å²) in [6, 6.07) is 1.92. The number of fused-ring (bicyclic) bond motifs is 5. The lowest BCUT2D eigenvalue weighted by Crippen LogP contribution is -2.52. The zero-order valence-corrected chi connectivity index (χ0v) is 27.9. The number of pyridine rings is 1. The highest BCUT2D eigenvalue weighted by Crippen LogP contribution is 2.46. The molecule has 2 amide bonds. The van der Waals surface area contributed by atoms with Crippen LogP contribution in [-0.2, 0) is 29.9 Å². The van der Waals surface area contributed by atoms with Crippen molar-refractivity contribution in [3.05, 3.63) is 63.1 Å². The van der Waals surface area contributed by atoms with Gasteiger partial charge in [0.05, 0.1) is 17.9 Å². The Bertz CT molecular complexity index is 1850. The molecule has 3 aliphatic heterocycles. The third-order valence-electron chi connectivity index (χ3n) is 9.39. The van der Waals surface area contributed by atoms with Gasteiger partial charge >= 0.3 is 14.0 Å². The molecule has 50 heavy (non-hydrogen) atoms. The highest BCUT2D eigenvalue weighted by atomic mass is 31.2. The minimum atomic E-state index is -4.74. The summed E-state index contributed by atoms with van der Waals surface area (Å²) >= 11 is 0. The van der Waals surface area contributed by atoms with Crippen LogP contribution in [-0.4, -0.2) is 80.1 Å². The van der Waals surface area contributed by atoms with Crippen LogP contribution < -0.4 is 15.5 Å². The number of aromatic nitrogens is 1. The van der Waals surface area contributed by atoms with Crippen LogP contribution in [0, 0.1) is 11.6 Å². The van der Waals surface area contributed by atoms with Gasteiger partial charge in [0.25, 0.3) is 11.8 Å². The van der Waals surface area contributed by atoms with Crippen molar-refractivity contribution in [2.45, 2.75) is 88.8 Å². The Balaban J connectivity index is 1.28. The molecule has 0 unspecified atom stereocenters. The van der Waals surface area contributed by atoms with Gasteiger partial charge in [-0.25, -0.2) is 18.1 Å². The number of oxime groups is 1. The molecule has 4 aliphatic rings. The number of ether oxygens (including phenoxy) is 3. The summed E-state index contributed by atoms with van der Waals surface area (Å²) in [5.41, 5.74) is -1.96. The first kappa shape index (κ1) is 35.4. The lowest BCUT2D eigenvalue weighted by Gasteiger charge is -2.42. The Kier molecular flexibility index (Phi) is 9.74. The molecule has 0 radical (unpaired) electrons. The SMILES string of the molecule is CC1=NO[C@@]2(CC[C@H](C)N3C[C@H]2n2cc(C(=O)NCc4ccc(F)cc4F)c(=O)c(OCOC(=O)O[C@@H]4CC[C@H](OP(=O)(O)O)C4)c2C3=O)C1. The first-order valence-corrected chi connectivity index (χ1v) is 17.4. The minimum Gasteiger partial charge on any atom is -0.451 e. The van der Waals surface area contributed by atoms with Gasteiger partial charge in [-0.2, -0.15) is 0 Å². The second kappa shape index (κ2) is 13.7. The van der Waals surface area contributed by atoms with Crippen LogP contribution in [0.1, 0.15) is 84.8 Å². The average Bonchev–Trinajstić information content (AvgIpc) is 3.61. The lowest BCUT2D eigenvalue weighted by molar-refractivity contribution is -0.0658. The quantitative estimate of drug-likeness (QED) is 0.194. The molecule has 1 aromatic heterocycles. The van der Waals surface area contributed by atoms with Gasteiger partial charge in [-0.15, -0.1) is 0 Å². The topological polar surface area (TPSA) is 205 Å². The maximum absolute atomic E-state index is 14.3. The number of hydrogen-bond donors (Lipinski definition) is 3. The van der Waals surface area contributed by atoms with E-state index in [4.69, 9.17) is 28.8 Å². The van der Waals surface area contributed by atoms with E-state index < -0.39 is 91.4 Å². The number of phosphoric acid groups is 1. The number of rotatable bonds is 9. The number of halogens is 2. The highest BCUT2D eigenvalue weighted by molar-refractivity contribution is 7.46. The Morgan fingerprint density at radius 3 is 2.64 bits per heavy atom. The number of phosphoric ester groups is 1. The number of carbonyl (C=O) groups excluding carboxylic acids is 3. The van der Waals surface area contributed by atoms with Gasteiger partial charge in [-0.05, 0) is 45.6 Å². The van der Waals surface area contributed by atoms with E-state index in [9.17, 15) is 32.5 Å². The van der Waals surface area contributed by atoms with Crippen molar-refractivity contribution in [2.24, 2.45) is 5.16 Å². The van der Waals surface area contributed by atoms with Crippen molar-refractivity contribution < 1.29 is 61.1 Å². The van der Waals surface area contributed by atoms with Gasteiger partial charge in [-0.1, -0.05) is 11.2 Å². The molecule has 2 aromatic rings. The molecular formula is C31H35F2N4O12P. The fraction of sp³-hybridized carbons (Fsp3) is 0.516. The minimum absolute atomic E-state index is 0.00577. The van der Waals surface area contributed by atoms with Crippen molar-refractivity contribution in [1.29, 1.82) is 0 Å². The zero-order valence-electron chi connectivity index (χ0n) is 27.0. The van der Waals surface area contributed by atoms with Crippen molar-refractivity contribution in [2.75, 3.05) is 13.3 Å². The Labute approximate surface area is 283 Å². The average molecular weight is 725 g/mol. The van der Waals surface area contributed by atoms with Gasteiger partial charge in [0, 0.05) is 49.8 Å². The Morgan fingerprint density at radius 2 is 1.94 bits per heavy atom. The number of carbonyl (C=O) groups is 3. The van der Waals surface area contributed by atoms with Crippen molar-refractivity contribution >= 4 is 31.5 Å². The standard InChI is InChI=1S/C31H35F2N4O12P/c1-16-11-31(49-35-16)8-7-17(2)36-14-24(31)37-13-22(28(39)34-12-18-3-4-19(32)9-23(18)33)26(38)27(25(37)29(36)40)45-15-46-30(41)47-20-5-6-21(10-20)48-50(42,43)44/h3-4,9,13,17,20-21,24H,5-8,10-12,14-15H2,1-2H3,(H,34,39)(H2,42,43,44)/t17-,20+,21-,24+,31-/m0/s1. The largest absolute Gasteiger partial charge is 0.511 e. The van der Waals surface area contributed by atoms with Crippen molar-refractivity contribution in [1.82, 2.24) is 14.8 Å². The molecule has 270 valence electrons. The lowest BCUT2D eigenvalue weighted by atomic mass is 9.84. The third-order valence-corrected chi connectivity index (χ3v) is 9.96. The molecule has 5 atom stereocenters. The molecule has 1 spiro atoms. The fourth-order valence-electron chi connectivity index (χ4n) is 6.95. The summed E-state index contributed by atoms with van der Waals surface area (Å²) in [5, 5.41) is 6.63. The molecule has 6 rings (SSSR count). The molecule has 16 nitrogen and oxygen atoms in total. The van der Waals surface area contributed by atoms with Gasteiger partial charge in [0.15, 0.2) is 11.3 Å². The van der Waals surface area contributed by atoms with Crippen LogP contribution in [0.25, 0.3) is 0 Å². The number of nitrogens with one attached hydrogen (secondary N) is 1. The number of benzene rings is 1. The van der Waals surface area contributed by atoms with E-state index in [0.29, 0.717) is 25.3 Å². The summed E-state index contributed by atoms with van der Waals surface area (Å²) in [6.45, 7) is 2.51. The summed E-state index contributed by atoms with van der Waals surface area (Å²) in [7, 11) is -4.74. The maximum atomic E-state index is 14.3. The first-order valence-electron chi connectivity index (χ1n) is 15.9. The van der Waals surface area contributed by atoms with Crippen LogP contribution in [0.15, 0.2) is 34.3 Å². The van der Waals surface area contributed by atoms with E-state index in [1.165, 1.54) is 10.8 Å². The smallest absolute Gasteiger partial charge is 0.451 e. The predicted molar refractivity (Wildman–Crippen MR) is 166 cm³/mol. The van der Waals surface area contributed by atoms with Gasteiger partial charge in [-0.3, -0.25) is 18.9 Å². The Hall–Kier alpha value is -4.38. The summed E-state index contributed by atoms with van der Waals surface area (Å²) in [5.74, 6) is -3.82. The highest BCUT2D eigenvalue weighted by Gasteiger charge is 2.54. The van der Waals surface area contributed by atoms with Crippen LogP contribution in [0.3, 0.4) is 0 Å². The molecule has 4 heterocycles. The molecule has 2 bridgehead atoms. The summed E-state index contributed by atoms with van der Waals surface area (Å²) < 4.78 is 60.8. The number of nitrogens with zero attached hydrogens (tertiary/aromatic N) is 3. The van der Waals surface area contributed by atoms with E-state index in [2.05, 4.69) is 15.0 Å². The van der Waals surface area contributed by atoms with Crippen LogP contribution in [0.2, 0.25) is 0 Å². The van der Waals surface area contributed by atoms with Gasteiger partial charge < -0.3 is 43.6 Å². The monoisotopic (exact) mass is 724 g/mol. The molecular weight excluding hydrogens is 689 g/mol. The van der Waals surface area contributed by atoms with E-state index in [1.807, 2.05) is 6.92 Å². The molecule has 3 N–H and O–H groups in total. The van der Waals surface area contributed by atoms with E-state index in [-0.39, 0.29) is 43.1 Å². The number of amides is 2. The second-order valence-corrected chi connectivity index (χ2v) is 14.0. The first-order chi connectivity index (χ1) is 23.6. The Morgan fingerprint density at radius 1 is 1.18 bits per heavy atom. The number of hydrogen-bond acceptors (Lipinski definition) is 11. The summed E-state index contributed by atoms with van der Waals surface area (Å²) in [6.07, 6.45) is 0.312.